The predicted molar refractivity (Wildman–Crippen MR) is 31.5 cm³/mol. The predicted octanol–water partition coefficient (Wildman–Crippen LogP) is -3.68. The second kappa shape index (κ2) is 8.15. The fraction of sp³-hybridized carbons (Fsp3) is 0. The molecule has 0 spiro atoms. The maximum atomic E-state index is 9.63. The molecule has 0 bridgehead atoms. The summed E-state index contributed by atoms with van der Waals surface area (Å²) in [6.07, 6.45) is 0. The van der Waals surface area contributed by atoms with Crippen molar-refractivity contribution in [2.45, 2.75) is 0 Å². The van der Waals surface area contributed by atoms with E-state index in [0.29, 0.717) is 0 Å². The van der Waals surface area contributed by atoms with Gasteiger partial charge in [0.25, 0.3) is 0 Å². The Labute approximate surface area is 111 Å². The van der Waals surface area contributed by atoms with Gasteiger partial charge in [0.1, 0.15) is 0 Å². The van der Waals surface area contributed by atoms with Crippen molar-refractivity contribution in [3.63, 3.8) is 0 Å². The van der Waals surface area contributed by atoms with Gasteiger partial charge in [0.15, 0.2) is 0 Å². The molecule has 0 aliphatic rings. The number of rotatable bonds is 2. The summed E-state index contributed by atoms with van der Waals surface area (Å²) in [6, 6.07) is 0. The molecule has 0 aliphatic heterocycles. The molecule has 9 nitrogen and oxygen atoms in total. The molecule has 0 aromatic heterocycles. The smallest absolute Gasteiger partial charge is 1.00 e. The fourth-order valence-electron chi connectivity index (χ4n) is 0.139. The van der Waals surface area contributed by atoms with E-state index in [2.05, 4.69) is 4.31 Å². The quantitative estimate of drug-likeness (QED) is 0.125. The van der Waals surface area contributed by atoms with E-state index in [-0.39, 0.29) is 52.8 Å². The van der Waals surface area contributed by atoms with Crippen LogP contribution < -0.4 is 51.4 Å². The SMILES string of the molecule is O=P(O)(O)OP(=O)(O)O.OO.[H-].[K+]. The Morgan fingerprint density at radius 3 is 1.08 bits per heavy atom. The van der Waals surface area contributed by atoms with Gasteiger partial charge < -0.3 is 21.0 Å². The third-order valence-corrected chi connectivity index (χ3v) is 1.91. The van der Waals surface area contributed by atoms with E-state index in [0.717, 1.165) is 0 Å². The summed E-state index contributed by atoms with van der Waals surface area (Å²) in [5, 5.41) is 12.0. The fourth-order valence-corrected chi connectivity index (χ4v) is 1.25. The second-order valence-corrected chi connectivity index (χ2v) is 3.68. The average molecular weight is 252 g/mol. The van der Waals surface area contributed by atoms with Gasteiger partial charge in [-0.05, 0) is 0 Å². The van der Waals surface area contributed by atoms with Crippen LogP contribution in [0.25, 0.3) is 0 Å². The van der Waals surface area contributed by atoms with Gasteiger partial charge in [0.05, 0.1) is 0 Å². The van der Waals surface area contributed by atoms with Gasteiger partial charge in [-0.2, -0.15) is 4.31 Å². The molecular formula is H7KO9P2. The molecule has 0 saturated carbocycles. The summed E-state index contributed by atoms with van der Waals surface area (Å²) in [7, 11) is -10.1. The van der Waals surface area contributed by atoms with Gasteiger partial charge in [0, 0.05) is 0 Å². The van der Waals surface area contributed by atoms with Crippen LogP contribution in [0.4, 0.5) is 0 Å². The minimum atomic E-state index is -5.05. The summed E-state index contributed by atoms with van der Waals surface area (Å²) in [6.45, 7) is 0. The number of hydrogen-bond donors (Lipinski definition) is 6. The summed E-state index contributed by atoms with van der Waals surface area (Å²) in [5.74, 6) is 0. The van der Waals surface area contributed by atoms with Crippen LogP contribution in [0.3, 0.4) is 0 Å². The third-order valence-electron chi connectivity index (χ3n) is 0.213. The van der Waals surface area contributed by atoms with E-state index in [9.17, 15) is 9.13 Å². The van der Waals surface area contributed by atoms with E-state index < -0.39 is 15.6 Å². The molecule has 12 heavy (non-hydrogen) atoms. The number of hydrogen-bond acceptors (Lipinski definition) is 5. The van der Waals surface area contributed by atoms with E-state index >= 15 is 0 Å². The van der Waals surface area contributed by atoms with E-state index in [4.69, 9.17) is 30.1 Å². The van der Waals surface area contributed by atoms with Crippen molar-refractivity contribution in [2.24, 2.45) is 0 Å². The van der Waals surface area contributed by atoms with Gasteiger partial charge in [-0.3, -0.25) is 10.5 Å². The summed E-state index contributed by atoms with van der Waals surface area (Å²) in [4.78, 5) is 31.0. The van der Waals surface area contributed by atoms with Gasteiger partial charge in [-0.15, -0.1) is 0 Å². The normalized spacial score (nSPS) is 10.8. The zero-order valence-corrected chi connectivity index (χ0v) is 10.7. The molecule has 6 N–H and O–H groups in total. The van der Waals surface area contributed by atoms with Gasteiger partial charge in [-0.25, -0.2) is 9.13 Å². The standard InChI is InChI=1S/K.H4O7P2.H2O2.H/c;1-8(2,3)7-9(4,5)6;1-2;/h;(H2,1,2,3)(H2,4,5,6);1-2H;/q+1;;;-1. The first-order valence-corrected chi connectivity index (χ1v) is 4.79. The van der Waals surface area contributed by atoms with Crippen LogP contribution in [0.2, 0.25) is 0 Å². The van der Waals surface area contributed by atoms with Crippen LogP contribution in [0.15, 0.2) is 0 Å². The Hall–Kier alpha value is 1.82. The molecule has 0 fully saturated rings. The van der Waals surface area contributed by atoms with Gasteiger partial charge >= 0.3 is 67.0 Å². The molecule has 0 unspecified atom stereocenters. The first-order valence-electron chi connectivity index (χ1n) is 1.73. The van der Waals surface area contributed by atoms with Gasteiger partial charge in [-0.1, -0.05) is 0 Å². The Morgan fingerprint density at radius 2 is 1.08 bits per heavy atom. The Morgan fingerprint density at radius 1 is 0.917 bits per heavy atom. The van der Waals surface area contributed by atoms with Crippen LogP contribution in [-0.2, 0) is 13.4 Å². The molecule has 0 aromatic rings. The molecule has 0 amide bonds. The van der Waals surface area contributed by atoms with E-state index in [1.165, 1.54) is 0 Å². The van der Waals surface area contributed by atoms with E-state index in [1.807, 2.05) is 0 Å². The summed E-state index contributed by atoms with van der Waals surface area (Å²) in [5.41, 5.74) is 0. The van der Waals surface area contributed by atoms with Crippen LogP contribution >= 0.6 is 15.6 Å². The Kier molecular flexibility index (Phi) is 13.2. The van der Waals surface area contributed by atoms with Crippen molar-refractivity contribution < 1.29 is 96.3 Å². The minimum Gasteiger partial charge on any atom is -1.00 e. The zero-order chi connectivity index (χ0) is 9.71. The monoisotopic (exact) mass is 252 g/mol. The molecule has 0 atom stereocenters. The molecule has 0 aliphatic carbocycles. The van der Waals surface area contributed by atoms with Crippen molar-refractivity contribution in [3.05, 3.63) is 0 Å². The first-order chi connectivity index (χ1) is 4.71. The summed E-state index contributed by atoms with van der Waals surface area (Å²) < 4.78 is 22.2. The van der Waals surface area contributed by atoms with Crippen LogP contribution in [0, 0.1) is 0 Å². The Balaban J connectivity index is -0.0000000941. The second-order valence-electron chi connectivity index (χ2n) is 1.06. The first kappa shape index (κ1) is 19.4. The third kappa shape index (κ3) is 22.6. The van der Waals surface area contributed by atoms with Crippen LogP contribution in [-0.4, -0.2) is 30.1 Å². The molecule has 0 saturated heterocycles. The molecule has 72 valence electrons. The van der Waals surface area contributed by atoms with Crippen molar-refractivity contribution in [2.75, 3.05) is 0 Å². The minimum absolute atomic E-state index is 0. The molecule has 0 rings (SSSR count). The molecule has 0 aromatic carbocycles. The average Bonchev–Trinajstić information content (AvgIpc) is 1.60. The van der Waals surface area contributed by atoms with E-state index in [1.54, 1.807) is 0 Å². The van der Waals surface area contributed by atoms with Crippen molar-refractivity contribution in [1.82, 2.24) is 0 Å². The van der Waals surface area contributed by atoms with Crippen LogP contribution in [0.5, 0.6) is 0 Å². The summed E-state index contributed by atoms with van der Waals surface area (Å²) >= 11 is 0. The van der Waals surface area contributed by atoms with Crippen molar-refractivity contribution in [3.8, 4) is 0 Å². The number of phosphoric acid groups is 2. The molecule has 12 heteroatoms. The molecular weight excluding hydrogens is 245 g/mol. The topological polar surface area (TPSA) is 165 Å². The van der Waals surface area contributed by atoms with Crippen LogP contribution in [0.1, 0.15) is 1.43 Å². The van der Waals surface area contributed by atoms with Crippen molar-refractivity contribution in [1.29, 1.82) is 0 Å². The maximum absolute atomic E-state index is 9.63. The molecule has 0 heterocycles. The zero-order valence-electron chi connectivity index (χ0n) is 6.80. The Bertz CT molecular complexity index is 158. The van der Waals surface area contributed by atoms with Crippen molar-refractivity contribution >= 4 is 15.6 Å². The molecule has 0 radical (unpaired) electrons. The van der Waals surface area contributed by atoms with Gasteiger partial charge in [0.2, 0.25) is 0 Å². The largest absolute Gasteiger partial charge is 1.00 e. The maximum Gasteiger partial charge on any atom is 1.00 e.